The lowest BCUT2D eigenvalue weighted by molar-refractivity contribution is -0.114. The molecule has 4 heteroatoms. The van der Waals surface area contributed by atoms with Crippen LogP contribution in [0.2, 0.25) is 0 Å². The van der Waals surface area contributed by atoms with Crippen molar-refractivity contribution in [1.29, 1.82) is 0 Å². The fourth-order valence-corrected chi connectivity index (χ4v) is 0.658. The zero-order chi connectivity index (χ0) is 7.56. The molecule has 0 atom stereocenters. The monoisotopic (exact) mass is 139 g/mol. The Morgan fingerprint density at radius 3 is 2.90 bits per heavy atom. The van der Waals surface area contributed by atoms with Crippen molar-refractivity contribution in [1.82, 2.24) is 9.55 Å². The Labute approximate surface area is 58.9 Å². The molecule has 1 aromatic heterocycles. The van der Waals surface area contributed by atoms with Crippen molar-refractivity contribution in [3.63, 3.8) is 0 Å². The molecule has 1 rings (SSSR count). The summed E-state index contributed by atoms with van der Waals surface area (Å²) in [5.74, 6) is 0.494. The first kappa shape index (κ1) is 6.80. The van der Waals surface area contributed by atoms with Gasteiger partial charge in [-0.25, -0.2) is 4.98 Å². The van der Waals surface area contributed by atoms with Crippen molar-refractivity contribution in [3.05, 3.63) is 12.5 Å². The Morgan fingerprint density at radius 2 is 2.50 bits per heavy atom. The smallest absolute Gasteiger partial charge is 0.222 e. The Morgan fingerprint density at radius 1 is 1.80 bits per heavy atom. The number of aryl methyl sites for hydroxylation is 1. The first-order valence-corrected chi connectivity index (χ1v) is 2.94. The van der Waals surface area contributed by atoms with Crippen molar-refractivity contribution in [2.45, 2.75) is 6.92 Å². The van der Waals surface area contributed by atoms with Crippen LogP contribution in [0, 0.1) is 0 Å². The number of aromatic nitrogens is 2. The number of anilines is 1. The molecule has 0 saturated heterocycles. The summed E-state index contributed by atoms with van der Waals surface area (Å²) in [6.45, 7) is 1.45. The van der Waals surface area contributed by atoms with Crippen LogP contribution in [-0.4, -0.2) is 15.5 Å². The number of nitrogens with one attached hydrogen (secondary N) is 1. The van der Waals surface area contributed by atoms with Gasteiger partial charge in [-0.3, -0.25) is 4.79 Å². The summed E-state index contributed by atoms with van der Waals surface area (Å²) < 4.78 is 1.77. The third kappa shape index (κ3) is 1.58. The highest BCUT2D eigenvalue weighted by Crippen LogP contribution is 1.99. The third-order valence-corrected chi connectivity index (χ3v) is 1.01. The number of carbonyl (C=O) groups excluding carboxylic acids is 1. The van der Waals surface area contributed by atoms with Gasteiger partial charge in [-0.2, -0.15) is 0 Å². The van der Waals surface area contributed by atoms with Crippen molar-refractivity contribution in [3.8, 4) is 0 Å². The molecule has 0 aromatic carbocycles. The van der Waals surface area contributed by atoms with Gasteiger partial charge in [0.15, 0.2) is 5.82 Å². The molecule has 0 spiro atoms. The van der Waals surface area contributed by atoms with E-state index in [1.807, 2.05) is 7.05 Å². The summed E-state index contributed by atoms with van der Waals surface area (Å²) in [7, 11) is 1.85. The maximum Gasteiger partial charge on any atom is 0.222 e. The molecule has 4 nitrogen and oxygen atoms in total. The highest BCUT2D eigenvalue weighted by atomic mass is 16.1. The largest absolute Gasteiger partial charge is 0.338 e. The highest BCUT2D eigenvalue weighted by Gasteiger charge is 1.95. The van der Waals surface area contributed by atoms with Gasteiger partial charge in [0.1, 0.15) is 0 Å². The van der Waals surface area contributed by atoms with Gasteiger partial charge >= 0.3 is 0 Å². The molecule has 0 fully saturated rings. The van der Waals surface area contributed by atoms with Crippen molar-refractivity contribution >= 4 is 11.7 Å². The Kier molecular flexibility index (Phi) is 1.71. The minimum atomic E-state index is -0.0984. The van der Waals surface area contributed by atoms with E-state index in [-0.39, 0.29) is 5.91 Å². The average Bonchev–Trinajstić information content (AvgIpc) is 2.13. The molecule has 0 radical (unpaired) electrons. The molecule has 54 valence electrons. The Bertz CT molecular complexity index is 241. The van der Waals surface area contributed by atoms with Crippen LogP contribution >= 0.6 is 0 Å². The van der Waals surface area contributed by atoms with E-state index in [0.29, 0.717) is 5.82 Å². The van der Waals surface area contributed by atoms with Crippen LogP contribution in [-0.2, 0) is 11.8 Å². The second kappa shape index (κ2) is 2.51. The number of hydrogen-bond donors (Lipinski definition) is 1. The molecule has 0 bridgehead atoms. The second-order valence-electron chi connectivity index (χ2n) is 2.11. The Balaban J connectivity index is 2.67. The normalized spacial score (nSPS) is 9.40. The van der Waals surface area contributed by atoms with E-state index in [0.717, 1.165) is 0 Å². The van der Waals surface area contributed by atoms with Crippen LogP contribution in [0.1, 0.15) is 6.92 Å². The summed E-state index contributed by atoms with van der Waals surface area (Å²) in [6, 6.07) is 0. The molecular weight excluding hydrogens is 130 g/mol. The van der Waals surface area contributed by atoms with Gasteiger partial charge in [0.05, 0.1) is 6.33 Å². The lowest BCUT2D eigenvalue weighted by Crippen LogP contribution is -2.05. The van der Waals surface area contributed by atoms with Gasteiger partial charge < -0.3 is 9.88 Å². The number of imidazole rings is 1. The zero-order valence-corrected chi connectivity index (χ0v) is 5.96. The fourth-order valence-electron chi connectivity index (χ4n) is 0.658. The van der Waals surface area contributed by atoms with E-state index in [1.54, 1.807) is 17.1 Å². The van der Waals surface area contributed by atoms with E-state index in [2.05, 4.69) is 10.3 Å². The molecule has 1 heterocycles. The van der Waals surface area contributed by atoms with Crippen LogP contribution in [0.25, 0.3) is 0 Å². The first-order valence-electron chi connectivity index (χ1n) is 2.94. The number of nitrogens with zero attached hydrogens (tertiary/aromatic N) is 2. The van der Waals surface area contributed by atoms with Crippen LogP contribution in [0.15, 0.2) is 12.5 Å². The molecule has 1 aromatic rings. The van der Waals surface area contributed by atoms with E-state index < -0.39 is 0 Å². The summed E-state index contributed by atoms with van der Waals surface area (Å²) >= 11 is 0. The zero-order valence-electron chi connectivity index (χ0n) is 5.96. The van der Waals surface area contributed by atoms with Gasteiger partial charge in [0.2, 0.25) is 5.91 Å². The van der Waals surface area contributed by atoms with Crippen LogP contribution in [0.5, 0.6) is 0 Å². The predicted molar refractivity (Wildman–Crippen MR) is 37.5 cm³/mol. The van der Waals surface area contributed by atoms with Crippen molar-refractivity contribution in [2.75, 3.05) is 5.32 Å². The third-order valence-electron chi connectivity index (χ3n) is 1.01. The lowest BCUT2D eigenvalue weighted by Gasteiger charge is -1.92. The SMILES string of the molecule is CC(=O)Nc1cn(C)cn1. The maximum absolute atomic E-state index is 10.5. The van der Waals surface area contributed by atoms with E-state index >= 15 is 0 Å². The van der Waals surface area contributed by atoms with Gasteiger partial charge in [-0.05, 0) is 0 Å². The first-order chi connectivity index (χ1) is 4.68. The minimum Gasteiger partial charge on any atom is -0.338 e. The molecule has 0 aliphatic heterocycles. The molecule has 0 saturated carbocycles. The van der Waals surface area contributed by atoms with Crippen LogP contribution in [0.4, 0.5) is 5.82 Å². The van der Waals surface area contributed by atoms with Gasteiger partial charge in [-0.1, -0.05) is 0 Å². The maximum atomic E-state index is 10.5. The average molecular weight is 139 g/mol. The fraction of sp³-hybridized carbons (Fsp3) is 0.333. The minimum absolute atomic E-state index is 0.0984. The lowest BCUT2D eigenvalue weighted by atomic mass is 10.6. The number of carbonyl (C=O) groups is 1. The standard InChI is InChI=1S/C6H9N3O/c1-5(10)8-6-3-9(2)4-7-6/h3-4H,1-2H3,(H,8,10). The summed E-state index contributed by atoms with van der Waals surface area (Å²) in [5, 5.41) is 2.55. The predicted octanol–water partition coefficient (Wildman–Crippen LogP) is 0.378. The molecular formula is C6H9N3O. The summed E-state index contributed by atoms with van der Waals surface area (Å²) in [5.41, 5.74) is 0. The number of hydrogen-bond acceptors (Lipinski definition) is 2. The molecule has 1 amide bonds. The van der Waals surface area contributed by atoms with E-state index in [4.69, 9.17) is 0 Å². The Hall–Kier alpha value is -1.32. The van der Waals surface area contributed by atoms with Crippen molar-refractivity contribution < 1.29 is 4.79 Å². The molecule has 1 N–H and O–H groups in total. The van der Waals surface area contributed by atoms with E-state index in [9.17, 15) is 4.79 Å². The number of rotatable bonds is 1. The van der Waals surface area contributed by atoms with E-state index in [1.165, 1.54) is 6.92 Å². The number of amides is 1. The topological polar surface area (TPSA) is 46.9 Å². The van der Waals surface area contributed by atoms with Crippen molar-refractivity contribution in [2.24, 2.45) is 7.05 Å². The van der Waals surface area contributed by atoms with Gasteiger partial charge in [0, 0.05) is 20.2 Å². The van der Waals surface area contributed by atoms with Crippen LogP contribution < -0.4 is 5.32 Å². The molecule has 0 aliphatic carbocycles. The summed E-state index contributed by atoms with van der Waals surface area (Å²) in [4.78, 5) is 14.3. The molecule has 0 aliphatic rings. The highest BCUT2D eigenvalue weighted by molar-refractivity contribution is 5.87. The van der Waals surface area contributed by atoms with Gasteiger partial charge in [-0.15, -0.1) is 0 Å². The molecule has 10 heavy (non-hydrogen) atoms. The summed E-state index contributed by atoms with van der Waals surface area (Å²) in [6.07, 6.45) is 3.37. The van der Waals surface area contributed by atoms with Crippen LogP contribution in [0.3, 0.4) is 0 Å². The van der Waals surface area contributed by atoms with Gasteiger partial charge in [0.25, 0.3) is 0 Å². The molecule has 0 unspecified atom stereocenters. The quantitative estimate of drug-likeness (QED) is 0.611. The second-order valence-corrected chi connectivity index (χ2v) is 2.11.